The van der Waals surface area contributed by atoms with Gasteiger partial charge in [-0.2, -0.15) is 0 Å². The third-order valence-corrected chi connectivity index (χ3v) is 2.11. The lowest BCUT2D eigenvalue weighted by Gasteiger charge is -2.03. The summed E-state index contributed by atoms with van der Waals surface area (Å²) in [5, 5.41) is 9.65. The molecule has 3 heteroatoms. The first-order chi connectivity index (χ1) is 6.81. The summed E-state index contributed by atoms with van der Waals surface area (Å²) in [6.45, 7) is 0. The second-order valence-electron chi connectivity index (χ2n) is 2.97. The van der Waals surface area contributed by atoms with Crippen LogP contribution in [0.2, 0.25) is 0 Å². The molecular weight excluding hydrogens is 176 g/mol. The van der Waals surface area contributed by atoms with E-state index < -0.39 is 0 Å². The molecule has 0 saturated carbocycles. The van der Waals surface area contributed by atoms with Crippen molar-refractivity contribution in [3.63, 3.8) is 0 Å². The van der Waals surface area contributed by atoms with Crippen molar-refractivity contribution in [2.45, 2.75) is 0 Å². The van der Waals surface area contributed by atoms with E-state index in [2.05, 4.69) is 4.98 Å². The molecule has 0 atom stereocenters. The molecule has 0 saturated heterocycles. The molecule has 0 aliphatic carbocycles. The van der Waals surface area contributed by atoms with E-state index in [1.54, 1.807) is 12.4 Å². The lowest BCUT2D eigenvalue weighted by molar-refractivity contribution is 0.401. The van der Waals surface area contributed by atoms with Crippen molar-refractivity contribution in [1.29, 1.82) is 5.41 Å². The fourth-order valence-corrected chi connectivity index (χ4v) is 1.34. The highest BCUT2D eigenvalue weighted by Crippen LogP contribution is 2.14. The quantitative estimate of drug-likeness (QED) is 0.548. The van der Waals surface area contributed by atoms with E-state index in [4.69, 9.17) is 10.1 Å². The minimum Gasteiger partial charge on any atom is -0.481 e. The number of aromatic nitrogens is 1. The summed E-state index contributed by atoms with van der Waals surface area (Å²) < 4.78 is 4.85. The number of hydrogen-bond donors (Lipinski definition) is 1. The molecule has 0 aliphatic heterocycles. The van der Waals surface area contributed by atoms with E-state index in [0.717, 1.165) is 16.3 Å². The molecule has 1 N–H and O–H groups in total. The van der Waals surface area contributed by atoms with Gasteiger partial charge in [0.05, 0.1) is 7.11 Å². The highest BCUT2D eigenvalue weighted by molar-refractivity contribution is 5.96. The maximum atomic E-state index is 7.52. The third-order valence-electron chi connectivity index (χ3n) is 2.11. The summed E-state index contributed by atoms with van der Waals surface area (Å²) in [6.07, 6.45) is 3.54. The zero-order valence-corrected chi connectivity index (χ0v) is 7.82. The number of hydrogen-bond acceptors (Lipinski definition) is 3. The van der Waals surface area contributed by atoms with Crippen LogP contribution < -0.4 is 0 Å². The molecule has 0 aliphatic rings. The number of methoxy groups -OCH3 is 1. The fraction of sp³-hybridized carbons (Fsp3) is 0.0909. The lowest BCUT2D eigenvalue weighted by atomic mass is 10.1. The molecule has 2 aromatic rings. The van der Waals surface area contributed by atoms with Gasteiger partial charge in [0.1, 0.15) is 0 Å². The van der Waals surface area contributed by atoms with Gasteiger partial charge in [-0.15, -0.1) is 0 Å². The molecule has 14 heavy (non-hydrogen) atoms. The van der Waals surface area contributed by atoms with Crippen molar-refractivity contribution < 1.29 is 4.74 Å². The van der Waals surface area contributed by atoms with Crippen molar-refractivity contribution in [2.24, 2.45) is 0 Å². The fourth-order valence-electron chi connectivity index (χ4n) is 1.34. The molecule has 0 fully saturated rings. The van der Waals surface area contributed by atoms with Crippen LogP contribution in [0.4, 0.5) is 0 Å². The van der Waals surface area contributed by atoms with Crippen LogP contribution >= 0.6 is 0 Å². The summed E-state index contributed by atoms with van der Waals surface area (Å²) in [5.41, 5.74) is 0.784. The number of nitrogens with one attached hydrogen (secondary N) is 1. The molecular formula is C11H10N2O. The Morgan fingerprint density at radius 2 is 2.14 bits per heavy atom. The molecule has 1 aromatic heterocycles. The standard InChI is InChI=1S/C11H10N2O/c1-14-11(12)9-2-3-10-7-13-5-4-8(10)6-9/h2-7,12H,1H3. The van der Waals surface area contributed by atoms with Gasteiger partial charge >= 0.3 is 0 Å². The number of fused-ring (bicyclic) bond motifs is 1. The maximum Gasteiger partial charge on any atom is 0.212 e. The first-order valence-corrected chi connectivity index (χ1v) is 4.28. The molecule has 1 heterocycles. The van der Waals surface area contributed by atoms with Gasteiger partial charge in [-0.3, -0.25) is 10.4 Å². The topological polar surface area (TPSA) is 46.0 Å². The summed E-state index contributed by atoms with van der Waals surface area (Å²) in [5.74, 6) is 0.184. The van der Waals surface area contributed by atoms with Crippen LogP contribution in [0.15, 0.2) is 36.7 Å². The predicted octanol–water partition coefficient (Wildman–Crippen LogP) is 2.21. The Bertz CT molecular complexity index is 479. The van der Waals surface area contributed by atoms with Gasteiger partial charge in [-0.1, -0.05) is 6.07 Å². The van der Waals surface area contributed by atoms with E-state index >= 15 is 0 Å². The van der Waals surface area contributed by atoms with E-state index in [0.29, 0.717) is 0 Å². The van der Waals surface area contributed by atoms with Gasteiger partial charge in [0.2, 0.25) is 5.90 Å². The Hall–Kier alpha value is -1.90. The van der Waals surface area contributed by atoms with E-state index in [1.165, 1.54) is 7.11 Å². The molecule has 0 unspecified atom stereocenters. The van der Waals surface area contributed by atoms with Crippen LogP contribution in [0.1, 0.15) is 5.56 Å². The Labute approximate surface area is 81.9 Å². The third kappa shape index (κ3) is 1.44. The predicted molar refractivity (Wildman–Crippen MR) is 55.6 cm³/mol. The number of benzene rings is 1. The Balaban J connectivity index is 2.56. The molecule has 0 amide bonds. The monoisotopic (exact) mass is 186 g/mol. The van der Waals surface area contributed by atoms with Gasteiger partial charge in [0.15, 0.2) is 0 Å². The zero-order chi connectivity index (χ0) is 9.97. The average molecular weight is 186 g/mol. The number of ether oxygens (including phenoxy) is 1. The first kappa shape index (κ1) is 8.69. The number of nitrogens with zero attached hydrogens (tertiary/aromatic N) is 1. The van der Waals surface area contributed by atoms with Crippen molar-refractivity contribution in [3.05, 3.63) is 42.2 Å². The van der Waals surface area contributed by atoms with Crippen LogP contribution in [0.5, 0.6) is 0 Å². The van der Waals surface area contributed by atoms with E-state index in [-0.39, 0.29) is 5.90 Å². The highest BCUT2D eigenvalue weighted by atomic mass is 16.5. The van der Waals surface area contributed by atoms with Gasteiger partial charge in [-0.05, 0) is 23.6 Å². The highest BCUT2D eigenvalue weighted by Gasteiger charge is 2.01. The minimum atomic E-state index is 0.184. The SMILES string of the molecule is COC(=N)c1ccc2cnccc2c1. The number of pyridine rings is 1. The van der Waals surface area contributed by atoms with Crippen molar-refractivity contribution >= 4 is 16.7 Å². The molecule has 2 rings (SSSR count). The second kappa shape index (κ2) is 3.46. The Morgan fingerprint density at radius 3 is 2.93 bits per heavy atom. The van der Waals surface area contributed by atoms with Crippen molar-refractivity contribution in [2.75, 3.05) is 7.11 Å². The molecule has 3 nitrogen and oxygen atoms in total. The zero-order valence-electron chi connectivity index (χ0n) is 7.82. The number of rotatable bonds is 1. The summed E-state index contributed by atoms with van der Waals surface area (Å²) >= 11 is 0. The molecule has 0 spiro atoms. The lowest BCUT2D eigenvalue weighted by Crippen LogP contribution is -2.00. The van der Waals surface area contributed by atoms with Crippen LogP contribution in [0.3, 0.4) is 0 Å². The first-order valence-electron chi connectivity index (χ1n) is 4.28. The van der Waals surface area contributed by atoms with Crippen LogP contribution in [0, 0.1) is 5.41 Å². The Kier molecular flexibility index (Phi) is 2.14. The molecule has 70 valence electrons. The summed E-state index contributed by atoms with van der Waals surface area (Å²) in [4.78, 5) is 4.02. The smallest absolute Gasteiger partial charge is 0.212 e. The minimum absolute atomic E-state index is 0.184. The Morgan fingerprint density at radius 1 is 1.29 bits per heavy atom. The molecule has 0 bridgehead atoms. The normalized spacial score (nSPS) is 10.1. The maximum absolute atomic E-state index is 7.52. The average Bonchev–Trinajstić information content (AvgIpc) is 2.27. The van der Waals surface area contributed by atoms with E-state index in [1.807, 2.05) is 24.3 Å². The largest absolute Gasteiger partial charge is 0.481 e. The molecule has 1 aromatic carbocycles. The van der Waals surface area contributed by atoms with Gasteiger partial charge < -0.3 is 4.74 Å². The summed E-state index contributed by atoms with van der Waals surface area (Å²) in [6, 6.07) is 7.63. The van der Waals surface area contributed by atoms with Crippen LogP contribution in [-0.4, -0.2) is 18.0 Å². The van der Waals surface area contributed by atoms with Crippen molar-refractivity contribution in [3.8, 4) is 0 Å². The van der Waals surface area contributed by atoms with Gasteiger partial charge in [0, 0.05) is 23.3 Å². The second-order valence-corrected chi connectivity index (χ2v) is 2.97. The van der Waals surface area contributed by atoms with Gasteiger partial charge in [-0.25, -0.2) is 0 Å². The van der Waals surface area contributed by atoms with Crippen LogP contribution in [0.25, 0.3) is 10.8 Å². The van der Waals surface area contributed by atoms with E-state index in [9.17, 15) is 0 Å². The van der Waals surface area contributed by atoms with Gasteiger partial charge in [0.25, 0.3) is 0 Å². The molecule has 0 radical (unpaired) electrons. The van der Waals surface area contributed by atoms with Crippen molar-refractivity contribution in [1.82, 2.24) is 4.98 Å². The van der Waals surface area contributed by atoms with Crippen LogP contribution in [-0.2, 0) is 4.74 Å². The summed E-state index contributed by atoms with van der Waals surface area (Å²) in [7, 11) is 1.50.